The quantitative estimate of drug-likeness (QED) is 0.497. The predicted octanol–water partition coefficient (Wildman–Crippen LogP) is 4.12. The molecule has 1 rings (SSSR count). The predicted molar refractivity (Wildman–Crippen MR) is 64.1 cm³/mol. The minimum atomic E-state index is 1.01. The maximum Gasteiger partial charge on any atom is -0.0166 e. The molecule has 0 heteroatoms. The van der Waals surface area contributed by atoms with Crippen LogP contribution in [0.1, 0.15) is 12.8 Å². The highest BCUT2D eigenvalue weighted by atomic mass is 13.8. The SMILES string of the molecule is C1=CC=CC=CCC=CCC=CC=C1. The van der Waals surface area contributed by atoms with E-state index in [1.165, 1.54) is 0 Å². The molecule has 72 valence electrons. The summed E-state index contributed by atoms with van der Waals surface area (Å²) in [5.41, 5.74) is 0. The van der Waals surface area contributed by atoms with Gasteiger partial charge in [-0.05, 0) is 12.8 Å². The number of hydrogen-bond donors (Lipinski definition) is 0. The Labute approximate surface area is 86.3 Å². The molecule has 0 unspecified atom stereocenters. The van der Waals surface area contributed by atoms with E-state index in [1.54, 1.807) is 0 Å². The van der Waals surface area contributed by atoms with Crippen LogP contribution < -0.4 is 0 Å². The highest BCUT2D eigenvalue weighted by Crippen LogP contribution is 1.93. The van der Waals surface area contributed by atoms with Gasteiger partial charge < -0.3 is 0 Å². The Morgan fingerprint density at radius 3 is 1.14 bits per heavy atom. The van der Waals surface area contributed by atoms with E-state index in [0.29, 0.717) is 0 Å². The lowest BCUT2D eigenvalue weighted by molar-refractivity contribution is 1.31. The molecular weight excluding hydrogens is 168 g/mol. The zero-order valence-electron chi connectivity index (χ0n) is 8.34. The van der Waals surface area contributed by atoms with E-state index >= 15 is 0 Å². The van der Waals surface area contributed by atoms with Gasteiger partial charge in [-0.15, -0.1) is 0 Å². The van der Waals surface area contributed by atoms with Crippen molar-refractivity contribution in [1.82, 2.24) is 0 Å². The molecule has 0 amide bonds. The van der Waals surface area contributed by atoms with Crippen molar-refractivity contribution in [1.29, 1.82) is 0 Å². The molecular formula is C14H16. The lowest BCUT2D eigenvalue weighted by Gasteiger charge is -1.83. The van der Waals surface area contributed by atoms with Crippen LogP contribution in [0.2, 0.25) is 0 Å². The smallest absolute Gasteiger partial charge is 0.0166 e. The van der Waals surface area contributed by atoms with Crippen molar-refractivity contribution in [3.63, 3.8) is 0 Å². The van der Waals surface area contributed by atoms with E-state index in [9.17, 15) is 0 Å². The molecule has 0 heterocycles. The molecule has 0 aromatic rings. The molecule has 0 aromatic heterocycles. The third-order valence-corrected chi connectivity index (χ3v) is 1.76. The van der Waals surface area contributed by atoms with Crippen LogP contribution in [0.3, 0.4) is 0 Å². The van der Waals surface area contributed by atoms with Crippen molar-refractivity contribution in [2.45, 2.75) is 12.8 Å². The first kappa shape index (κ1) is 10.5. The molecule has 0 bridgehead atoms. The highest BCUT2D eigenvalue weighted by molar-refractivity contribution is 5.18. The molecule has 1 aliphatic rings. The van der Waals surface area contributed by atoms with Gasteiger partial charge in [-0.3, -0.25) is 0 Å². The van der Waals surface area contributed by atoms with E-state index in [1.807, 2.05) is 36.5 Å². The summed E-state index contributed by atoms with van der Waals surface area (Å²) in [5.74, 6) is 0. The third-order valence-electron chi connectivity index (χ3n) is 1.76. The highest BCUT2D eigenvalue weighted by Gasteiger charge is 1.72. The topological polar surface area (TPSA) is 0 Å². The summed E-state index contributed by atoms with van der Waals surface area (Å²) in [5, 5.41) is 0. The van der Waals surface area contributed by atoms with Gasteiger partial charge in [0.05, 0.1) is 0 Å². The summed E-state index contributed by atoms with van der Waals surface area (Å²) < 4.78 is 0. The Hall–Kier alpha value is -1.56. The monoisotopic (exact) mass is 184 g/mol. The van der Waals surface area contributed by atoms with Gasteiger partial charge in [-0.2, -0.15) is 0 Å². The molecule has 0 saturated heterocycles. The summed E-state index contributed by atoms with van der Waals surface area (Å²) >= 11 is 0. The van der Waals surface area contributed by atoms with E-state index < -0.39 is 0 Å². The van der Waals surface area contributed by atoms with Gasteiger partial charge in [0, 0.05) is 0 Å². The van der Waals surface area contributed by atoms with E-state index in [2.05, 4.69) is 36.5 Å². The van der Waals surface area contributed by atoms with Crippen LogP contribution in [-0.4, -0.2) is 0 Å². The molecule has 1 aliphatic carbocycles. The zero-order chi connectivity index (χ0) is 9.90. The fraction of sp³-hybridized carbons (Fsp3) is 0.143. The molecule has 0 spiro atoms. The second-order valence-electron chi connectivity index (χ2n) is 2.95. The molecule has 14 heavy (non-hydrogen) atoms. The Balaban J connectivity index is 2.56. The van der Waals surface area contributed by atoms with Crippen LogP contribution in [-0.2, 0) is 0 Å². The van der Waals surface area contributed by atoms with Crippen molar-refractivity contribution >= 4 is 0 Å². The zero-order valence-corrected chi connectivity index (χ0v) is 8.34. The summed E-state index contributed by atoms with van der Waals surface area (Å²) in [6, 6.07) is 0. The van der Waals surface area contributed by atoms with Gasteiger partial charge in [0.1, 0.15) is 0 Å². The summed E-state index contributed by atoms with van der Waals surface area (Å²) in [7, 11) is 0. The second kappa shape index (κ2) is 8.06. The fourth-order valence-electron chi connectivity index (χ4n) is 1.05. The van der Waals surface area contributed by atoms with Gasteiger partial charge in [0.15, 0.2) is 0 Å². The molecule has 0 aromatic carbocycles. The van der Waals surface area contributed by atoms with Gasteiger partial charge >= 0.3 is 0 Å². The Morgan fingerprint density at radius 1 is 0.357 bits per heavy atom. The largest absolute Gasteiger partial charge is 0.0844 e. The first-order valence-corrected chi connectivity index (χ1v) is 4.97. The van der Waals surface area contributed by atoms with Crippen LogP contribution in [0.25, 0.3) is 0 Å². The minimum absolute atomic E-state index is 1.01. The standard InChI is InChI=1S/C14H16/c1-2-4-6-8-10-12-14-13-11-9-7-5-3-1/h1-10,13-14H,11-12H2. The van der Waals surface area contributed by atoms with Crippen molar-refractivity contribution in [3.05, 3.63) is 72.9 Å². The van der Waals surface area contributed by atoms with Gasteiger partial charge in [0.25, 0.3) is 0 Å². The first-order chi connectivity index (χ1) is 7.00. The molecule has 0 nitrogen and oxygen atoms in total. The number of rotatable bonds is 0. The second-order valence-corrected chi connectivity index (χ2v) is 2.95. The Kier molecular flexibility index (Phi) is 6.05. The summed E-state index contributed by atoms with van der Waals surface area (Å²) in [4.78, 5) is 0. The van der Waals surface area contributed by atoms with Gasteiger partial charge in [-0.25, -0.2) is 0 Å². The lowest BCUT2D eigenvalue weighted by Crippen LogP contribution is -1.61. The normalized spacial score (nSPS) is 17.1. The van der Waals surface area contributed by atoms with Crippen LogP contribution in [0.4, 0.5) is 0 Å². The summed E-state index contributed by atoms with van der Waals surface area (Å²) in [6.07, 6.45) is 27.0. The minimum Gasteiger partial charge on any atom is -0.0844 e. The molecule has 0 fully saturated rings. The molecule has 0 atom stereocenters. The third kappa shape index (κ3) is 6.01. The average molecular weight is 184 g/mol. The Bertz CT molecular complexity index is 266. The first-order valence-electron chi connectivity index (χ1n) is 4.97. The summed E-state index contributed by atoms with van der Waals surface area (Å²) in [6.45, 7) is 0. The van der Waals surface area contributed by atoms with Gasteiger partial charge in [-0.1, -0.05) is 72.9 Å². The van der Waals surface area contributed by atoms with Crippen LogP contribution in [0.15, 0.2) is 72.9 Å². The number of allylic oxidation sites excluding steroid dienone is 12. The van der Waals surface area contributed by atoms with Crippen molar-refractivity contribution < 1.29 is 0 Å². The van der Waals surface area contributed by atoms with E-state index in [4.69, 9.17) is 0 Å². The van der Waals surface area contributed by atoms with E-state index in [-0.39, 0.29) is 0 Å². The molecule has 0 radical (unpaired) electrons. The Morgan fingerprint density at radius 2 is 0.714 bits per heavy atom. The lowest BCUT2D eigenvalue weighted by atomic mass is 10.2. The molecule has 0 saturated carbocycles. The molecule has 0 aliphatic heterocycles. The average Bonchev–Trinajstić information content (AvgIpc) is 2.22. The fourth-order valence-corrected chi connectivity index (χ4v) is 1.05. The van der Waals surface area contributed by atoms with Crippen LogP contribution in [0, 0.1) is 0 Å². The van der Waals surface area contributed by atoms with Crippen molar-refractivity contribution in [2.24, 2.45) is 0 Å². The van der Waals surface area contributed by atoms with Gasteiger partial charge in [0.2, 0.25) is 0 Å². The van der Waals surface area contributed by atoms with E-state index in [0.717, 1.165) is 12.8 Å². The van der Waals surface area contributed by atoms with Crippen molar-refractivity contribution in [3.8, 4) is 0 Å². The molecule has 0 N–H and O–H groups in total. The van der Waals surface area contributed by atoms with Crippen molar-refractivity contribution in [2.75, 3.05) is 0 Å². The maximum atomic E-state index is 2.18. The number of hydrogen-bond acceptors (Lipinski definition) is 0. The van der Waals surface area contributed by atoms with Crippen LogP contribution >= 0.6 is 0 Å². The maximum absolute atomic E-state index is 2.18. The van der Waals surface area contributed by atoms with Crippen LogP contribution in [0.5, 0.6) is 0 Å².